The van der Waals surface area contributed by atoms with Crippen LogP contribution in [-0.4, -0.2) is 17.0 Å². The van der Waals surface area contributed by atoms with Gasteiger partial charge in [0.25, 0.3) is 0 Å². The van der Waals surface area contributed by atoms with Gasteiger partial charge in [0.1, 0.15) is 0 Å². The van der Waals surface area contributed by atoms with E-state index < -0.39 is 17.3 Å². The summed E-state index contributed by atoms with van der Waals surface area (Å²) in [6.45, 7) is 2.07. The first-order valence-electron chi connectivity index (χ1n) is 10.3. The maximum absolute atomic E-state index is 13.8. The first kappa shape index (κ1) is 18.3. The van der Waals surface area contributed by atoms with Gasteiger partial charge < -0.3 is 10.4 Å². The lowest BCUT2D eigenvalue weighted by molar-refractivity contribution is -0.123. The summed E-state index contributed by atoms with van der Waals surface area (Å²) in [6, 6.07) is 22.1. The van der Waals surface area contributed by atoms with E-state index in [1.165, 1.54) is 17.0 Å². The van der Waals surface area contributed by atoms with Crippen molar-refractivity contribution in [3.63, 3.8) is 0 Å². The molecular weight excluding hydrogens is 392 g/mol. The number of hydrogen-bond acceptors (Lipinski definition) is 5. The van der Waals surface area contributed by atoms with E-state index >= 15 is 0 Å². The van der Waals surface area contributed by atoms with Crippen LogP contribution in [0.1, 0.15) is 35.1 Å². The molecule has 6 nitrogen and oxygen atoms in total. The van der Waals surface area contributed by atoms with Crippen LogP contribution in [0.3, 0.4) is 0 Å². The normalized spacial score (nSPS) is 27.7. The van der Waals surface area contributed by atoms with Gasteiger partial charge in [-0.15, -0.1) is 0 Å². The lowest BCUT2D eigenvalue weighted by Gasteiger charge is -2.52. The van der Waals surface area contributed by atoms with E-state index in [0.717, 1.165) is 22.3 Å². The molecule has 1 fully saturated rings. The molecular formula is C25H19N2O4-. The minimum Gasteiger partial charge on any atom is -0.733 e. The van der Waals surface area contributed by atoms with E-state index in [1.807, 2.05) is 24.3 Å². The third-order valence-electron chi connectivity index (χ3n) is 7.35. The SMILES string of the molecule is CC12c3ccccc3C(c3ccccc31)[C@@H]1C(=O)N(c3cccc(N([O-])O)c3)C(=O)[C@@H]12. The summed E-state index contributed by atoms with van der Waals surface area (Å²) in [5.41, 5.74) is 4.02. The monoisotopic (exact) mass is 411 g/mol. The summed E-state index contributed by atoms with van der Waals surface area (Å²) in [6.07, 6.45) is 0. The Morgan fingerprint density at radius 3 is 2.13 bits per heavy atom. The molecule has 4 aliphatic rings. The van der Waals surface area contributed by atoms with Crippen LogP contribution in [0.15, 0.2) is 72.8 Å². The second kappa shape index (κ2) is 6.03. The molecule has 0 saturated carbocycles. The van der Waals surface area contributed by atoms with E-state index in [2.05, 4.69) is 31.2 Å². The number of rotatable bonds is 2. The van der Waals surface area contributed by atoms with E-state index in [9.17, 15) is 20.0 Å². The second-order valence-corrected chi connectivity index (χ2v) is 8.66. The molecule has 0 spiro atoms. The summed E-state index contributed by atoms with van der Waals surface area (Å²) >= 11 is 0. The van der Waals surface area contributed by atoms with Gasteiger partial charge in [-0.3, -0.25) is 14.8 Å². The van der Waals surface area contributed by atoms with Gasteiger partial charge in [0.15, 0.2) is 0 Å². The van der Waals surface area contributed by atoms with Crippen LogP contribution < -0.4 is 10.1 Å². The van der Waals surface area contributed by atoms with Crippen molar-refractivity contribution in [2.45, 2.75) is 18.3 Å². The summed E-state index contributed by atoms with van der Waals surface area (Å²) < 4.78 is 0. The van der Waals surface area contributed by atoms with Crippen molar-refractivity contribution in [2.24, 2.45) is 11.8 Å². The van der Waals surface area contributed by atoms with Crippen molar-refractivity contribution in [2.75, 3.05) is 10.1 Å². The van der Waals surface area contributed by atoms with Gasteiger partial charge in [0.05, 0.1) is 23.2 Å². The Hall–Kier alpha value is -3.48. The zero-order valence-electron chi connectivity index (χ0n) is 16.7. The van der Waals surface area contributed by atoms with Crippen molar-refractivity contribution >= 4 is 23.2 Å². The van der Waals surface area contributed by atoms with Crippen LogP contribution in [0.2, 0.25) is 0 Å². The minimum absolute atomic E-state index is 0.0336. The summed E-state index contributed by atoms with van der Waals surface area (Å²) in [5.74, 6) is -1.76. The number of hydrogen-bond donors (Lipinski definition) is 1. The van der Waals surface area contributed by atoms with E-state index in [0.29, 0.717) is 5.69 Å². The number of carbonyl (C=O) groups is 2. The Bertz CT molecular complexity index is 1220. The Balaban J connectivity index is 1.58. The van der Waals surface area contributed by atoms with Crippen LogP contribution >= 0.6 is 0 Å². The van der Waals surface area contributed by atoms with Crippen molar-refractivity contribution < 1.29 is 14.8 Å². The average Bonchev–Trinajstić information content (AvgIpc) is 3.06. The fourth-order valence-electron chi connectivity index (χ4n) is 6.16. The Labute approximate surface area is 178 Å². The minimum atomic E-state index is -0.632. The molecule has 2 atom stereocenters. The lowest BCUT2D eigenvalue weighted by atomic mass is 9.48. The maximum atomic E-state index is 13.8. The molecule has 31 heavy (non-hydrogen) atoms. The van der Waals surface area contributed by atoms with E-state index in [4.69, 9.17) is 0 Å². The fourth-order valence-corrected chi connectivity index (χ4v) is 6.16. The van der Waals surface area contributed by atoms with Gasteiger partial charge in [-0.1, -0.05) is 61.5 Å². The second-order valence-electron chi connectivity index (χ2n) is 8.66. The molecule has 6 heteroatoms. The van der Waals surface area contributed by atoms with Crippen LogP contribution in [0.25, 0.3) is 0 Å². The molecule has 1 saturated heterocycles. The number of imide groups is 1. The van der Waals surface area contributed by atoms with Gasteiger partial charge in [-0.2, -0.15) is 0 Å². The predicted molar refractivity (Wildman–Crippen MR) is 115 cm³/mol. The van der Waals surface area contributed by atoms with Gasteiger partial charge >= 0.3 is 0 Å². The largest absolute Gasteiger partial charge is 0.733 e. The van der Waals surface area contributed by atoms with Crippen LogP contribution in [0.4, 0.5) is 11.4 Å². The number of carbonyl (C=O) groups excluding carboxylic acids is 2. The zero-order valence-corrected chi connectivity index (χ0v) is 16.7. The summed E-state index contributed by atoms with van der Waals surface area (Å²) in [7, 11) is 0. The van der Waals surface area contributed by atoms with E-state index in [-0.39, 0.29) is 28.6 Å². The molecule has 2 bridgehead atoms. The van der Waals surface area contributed by atoms with Crippen LogP contribution in [0.5, 0.6) is 0 Å². The van der Waals surface area contributed by atoms with Gasteiger partial charge in [0, 0.05) is 11.3 Å². The first-order chi connectivity index (χ1) is 14.9. The highest BCUT2D eigenvalue weighted by molar-refractivity contribution is 6.23. The third kappa shape index (κ3) is 2.13. The molecule has 3 aliphatic carbocycles. The summed E-state index contributed by atoms with van der Waals surface area (Å²) in [5, 5.41) is 20.4. The summed E-state index contributed by atoms with van der Waals surface area (Å²) in [4.78, 5) is 28.7. The predicted octanol–water partition coefficient (Wildman–Crippen LogP) is 3.95. The van der Waals surface area contributed by atoms with Gasteiger partial charge in [-0.25, -0.2) is 4.90 Å². The molecule has 7 rings (SSSR count). The fraction of sp³-hybridized carbons (Fsp3) is 0.200. The smallest absolute Gasteiger partial charge is 0.238 e. The van der Waals surface area contributed by atoms with Crippen molar-refractivity contribution in [1.82, 2.24) is 0 Å². The quantitative estimate of drug-likeness (QED) is 0.510. The van der Waals surface area contributed by atoms with E-state index in [1.54, 1.807) is 12.1 Å². The Kier molecular flexibility index (Phi) is 3.56. The highest BCUT2D eigenvalue weighted by Gasteiger charge is 2.66. The zero-order chi connectivity index (χ0) is 21.5. The van der Waals surface area contributed by atoms with Crippen LogP contribution in [0, 0.1) is 17.0 Å². The average molecular weight is 411 g/mol. The third-order valence-corrected chi connectivity index (χ3v) is 7.35. The number of nitrogens with zero attached hydrogens (tertiary/aromatic N) is 2. The molecule has 154 valence electrons. The molecule has 1 N–H and O–H groups in total. The molecule has 1 heterocycles. The molecule has 0 radical (unpaired) electrons. The maximum Gasteiger partial charge on any atom is 0.238 e. The Morgan fingerprint density at radius 1 is 0.903 bits per heavy atom. The standard InChI is InChI=1S/C25H19N2O4/c1-25-18-11-4-2-9-16(18)20(17-10-3-5-12-19(17)25)21-22(25)24(29)26(23(21)28)14-7-6-8-15(13-14)27(30)31/h2-13,20-22,30H,1H3/q-1/t20?,21-,22+,25?/m0/s1. The first-order valence-corrected chi connectivity index (χ1v) is 10.3. The molecule has 1 aliphatic heterocycles. The number of amides is 2. The topological polar surface area (TPSA) is 83.9 Å². The molecule has 3 aromatic carbocycles. The van der Waals surface area contributed by atoms with Crippen molar-refractivity contribution in [3.8, 4) is 0 Å². The highest BCUT2D eigenvalue weighted by Crippen LogP contribution is 2.64. The van der Waals surface area contributed by atoms with Crippen molar-refractivity contribution in [1.29, 1.82) is 0 Å². The van der Waals surface area contributed by atoms with Crippen LogP contribution in [-0.2, 0) is 15.0 Å². The molecule has 0 aromatic heterocycles. The molecule has 2 amide bonds. The Morgan fingerprint density at radius 2 is 1.52 bits per heavy atom. The lowest BCUT2D eigenvalue weighted by Crippen LogP contribution is -2.51. The van der Waals surface area contributed by atoms with Gasteiger partial charge in [-0.05, 0) is 40.5 Å². The number of anilines is 2. The highest BCUT2D eigenvalue weighted by atomic mass is 16.8. The van der Waals surface area contributed by atoms with Crippen molar-refractivity contribution in [3.05, 3.63) is 100 Å². The van der Waals surface area contributed by atoms with Gasteiger partial charge in [0.2, 0.25) is 11.8 Å². The number of benzene rings is 3. The molecule has 0 unspecified atom stereocenters. The molecule has 3 aromatic rings.